The molecule has 0 aliphatic carbocycles. The van der Waals surface area contributed by atoms with E-state index in [9.17, 15) is 9.18 Å². The molecular weight excluding hydrogens is 369 g/mol. The van der Waals surface area contributed by atoms with Crippen LogP contribution in [0.2, 0.25) is 5.02 Å². The molecule has 2 aromatic carbocycles. The first-order chi connectivity index (χ1) is 13.0. The monoisotopic (exact) mass is 383 g/mol. The van der Waals surface area contributed by atoms with Crippen LogP contribution in [0.1, 0.15) is 18.5 Å². The second-order valence-electron chi connectivity index (χ2n) is 6.11. The SMILES string of the molecule is CC1=C(C(=O)Nc2ccc(F)cc2)[C@@H](c2ccc(Cl)cc2)n2ncnc2N1. The summed E-state index contributed by atoms with van der Waals surface area (Å²) in [5.41, 5.74) is 2.49. The molecule has 136 valence electrons. The molecule has 0 radical (unpaired) electrons. The van der Waals surface area contributed by atoms with Crippen LogP contribution in [-0.2, 0) is 4.79 Å². The van der Waals surface area contributed by atoms with Crippen LogP contribution in [0.25, 0.3) is 0 Å². The first kappa shape index (κ1) is 17.2. The van der Waals surface area contributed by atoms with Crippen molar-refractivity contribution in [3.63, 3.8) is 0 Å². The largest absolute Gasteiger partial charge is 0.328 e. The molecule has 3 aromatic rings. The Morgan fingerprint density at radius 2 is 1.89 bits per heavy atom. The van der Waals surface area contributed by atoms with Gasteiger partial charge in [-0.05, 0) is 48.9 Å². The number of allylic oxidation sites excluding steroid dienone is 1. The van der Waals surface area contributed by atoms with Crippen molar-refractivity contribution >= 4 is 29.1 Å². The Labute approximate surface area is 159 Å². The Bertz CT molecular complexity index is 1030. The van der Waals surface area contributed by atoms with E-state index in [0.29, 0.717) is 27.9 Å². The van der Waals surface area contributed by atoms with Crippen molar-refractivity contribution in [3.05, 3.63) is 82.5 Å². The summed E-state index contributed by atoms with van der Waals surface area (Å²) in [6, 6.07) is 12.4. The van der Waals surface area contributed by atoms with E-state index in [2.05, 4.69) is 20.7 Å². The van der Waals surface area contributed by atoms with Crippen molar-refractivity contribution in [3.8, 4) is 0 Å². The molecule has 8 heteroatoms. The normalized spacial score (nSPS) is 15.9. The summed E-state index contributed by atoms with van der Waals surface area (Å²) in [6.45, 7) is 1.81. The lowest BCUT2D eigenvalue weighted by atomic mass is 9.95. The molecule has 27 heavy (non-hydrogen) atoms. The number of anilines is 2. The Morgan fingerprint density at radius 3 is 2.59 bits per heavy atom. The van der Waals surface area contributed by atoms with Crippen molar-refractivity contribution in [2.45, 2.75) is 13.0 Å². The van der Waals surface area contributed by atoms with Crippen molar-refractivity contribution in [2.75, 3.05) is 10.6 Å². The summed E-state index contributed by atoms with van der Waals surface area (Å²) in [6.07, 6.45) is 1.43. The molecule has 6 nitrogen and oxygen atoms in total. The van der Waals surface area contributed by atoms with Gasteiger partial charge in [-0.2, -0.15) is 10.1 Å². The van der Waals surface area contributed by atoms with Gasteiger partial charge in [0.25, 0.3) is 5.91 Å². The number of aromatic nitrogens is 3. The van der Waals surface area contributed by atoms with Crippen LogP contribution in [0.4, 0.5) is 16.0 Å². The standard InChI is InChI=1S/C19H15ClFN5O/c1-11-16(18(27)25-15-8-6-14(21)7-9-15)17(12-2-4-13(20)5-3-12)26-19(24-11)22-10-23-26/h2-10,17H,1H3,(H,25,27)(H,22,23,24)/t17-/m1/s1. The molecule has 1 aliphatic heterocycles. The van der Waals surface area contributed by atoms with Crippen LogP contribution in [0.3, 0.4) is 0 Å². The summed E-state index contributed by atoms with van der Waals surface area (Å²) in [4.78, 5) is 17.2. The predicted molar refractivity (Wildman–Crippen MR) is 101 cm³/mol. The molecule has 1 aromatic heterocycles. The molecule has 0 fully saturated rings. The van der Waals surface area contributed by atoms with Crippen LogP contribution in [0.15, 0.2) is 66.1 Å². The van der Waals surface area contributed by atoms with Gasteiger partial charge in [-0.15, -0.1) is 0 Å². The number of nitrogens with zero attached hydrogens (tertiary/aromatic N) is 3. The van der Waals surface area contributed by atoms with Gasteiger partial charge >= 0.3 is 0 Å². The molecule has 0 spiro atoms. The molecule has 4 rings (SSSR count). The van der Waals surface area contributed by atoms with Gasteiger partial charge in [-0.1, -0.05) is 23.7 Å². The zero-order valence-corrected chi connectivity index (χ0v) is 15.0. The molecule has 2 heterocycles. The average molecular weight is 384 g/mol. The number of benzene rings is 2. The Balaban J connectivity index is 1.74. The minimum absolute atomic E-state index is 0.312. The summed E-state index contributed by atoms with van der Waals surface area (Å²) in [5.74, 6) is -0.132. The molecule has 1 atom stereocenters. The quantitative estimate of drug-likeness (QED) is 0.717. The third-order valence-corrected chi connectivity index (χ3v) is 4.58. The van der Waals surface area contributed by atoms with E-state index >= 15 is 0 Å². The average Bonchev–Trinajstić information content (AvgIpc) is 3.11. The molecular formula is C19H15ClFN5O. The summed E-state index contributed by atoms with van der Waals surface area (Å²) in [7, 11) is 0. The minimum atomic E-state index is -0.471. The van der Waals surface area contributed by atoms with Crippen molar-refractivity contribution < 1.29 is 9.18 Å². The Hall–Kier alpha value is -3.19. The minimum Gasteiger partial charge on any atom is -0.328 e. The van der Waals surface area contributed by atoms with Gasteiger partial charge in [0.15, 0.2) is 0 Å². The first-order valence-electron chi connectivity index (χ1n) is 8.22. The van der Waals surface area contributed by atoms with Crippen LogP contribution in [-0.4, -0.2) is 20.7 Å². The second-order valence-corrected chi connectivity index (χ2v) is 6.54. The molecule has 0 saturated carbocycles. The van der Waals surface area contributed by atoms with Gasteiger partial charge in [0.2, 0.25) is 5.95 Å². The third kappa shape index (κ3) is 3.29. The summed E-state index contributed by atoms with van der Waals surface area (Å²) < 4.78 is 14.8. The Morgan fingerprint density at radius 1 is 1.19 bits per heavy atom. The van der Waals surface area contributed by atoms with Crippen LogP contribution >= 0.6 is 11.6 Å². The van der Waals surface area contributed by atoms with Crippen molar-refractivity contribution in [1.82, 2.24) is 14.8 Å². The van der Waals surface area contributed by atoms with Gasteiger partial charge in [0, 0.05) is 16.4 Å². The number of fused-ring (bicyclic) bond motifs is 1. The number of amides is 1. The molecule has 2 N–H and O–H groups in total. The Kier molecular flexibility index (Phi) is 4.37. The van der Waals surface area contributed by atoms with E-state index < -0.39 is 6.04 Å². The van der Waals surface area contributed by atoms with Gasteiger partial charge in [-0.25, -0.2) is 9.07 Å². The molecule has 1 aliphatic rings. The number of carbonyl (C=O) groups is 1. The lowest BCUT2D eigenvalue weighted by Crippen LogP contribution is -2.31. The highest BCUT2D eigenvalue weighted by atomic mass is 35.5. The molecule has 0 bridgehead atoms. The first-order valence-corrected chi connectivity index (χ1v) is 8.60. The van der Waals surface area contributed by atoms with E-state index in [1.807, 2.05) is 12.1 Å². The smallest absolute Gasteiger partial charge is 0.255 e. The van der Waals surface area contributed by atoms with E-state index in [0.717, 1.165) is 5.56 Å². The highest BCUT2D eigenvalue weighted by molar-refractivity contribution is 6.30. The molecule has 0 saturated heterocycles. The number of hydrogen-bond acceptors (Lipinski definition) is 4. The fraction of sp³-hybridized carbons (Fsp3) is 0.105. The highest BCUT2D eigenvalue weighted by Gasteiger charge is 2.33. The maximum atomic E-state index is 13.1. The van der Waals surface area contributed by atoms with Gasteiger partial charge in [-0.3, -0.25) is 4.79 Å². The predicted octanol–water partition coefficient (Wildman–Crippen LogP) is 4.00. The van der Waals surface area contributed by atoms with E-state index in [1.54, 1.807) is 23.7 Å². The lowest BCUT2D eigenvalue weighted by Gasteiger charge is -2.28. The lowest BCUT2D eigenvalue weighted by molar-refractivity contribution is -0.113. The maximum absolute atomic E-state index is 13.1. The summed E-state index contributed by atoms with van der Waals surface area (Å²) >= 11 is 6.01. The van der Waals surface area contributed by atoms with E-state index in [4.69, 9.17) is 11.6 Å². The van der Waals surface area contributed by atoms with E-state index in [1.165, 1.54) is 30.6 Å². The van der Waals surface area contributed by atoms with Crippen LogP contribution in [0.5, 0.6) is 0 Å². The maximum Gasteiger partial charge on any atom is 0.255 e. The van der Waals surface area contributed by atoms with Gasteiger partial charge in [0.05, 0.1) is 5.57 Å². The molecule has 0 unspecified atom stereocenters. The number of nitrogens with one attached hydrogen (secondary N) is 2. The zero-order valence-electron chi connectivity index (χ0n) is 14.3. The topological polar surface area (TPSA) is 71.8 Å². The number of halogens is 2. The second kappa shape index (κ2) is 6.85. The molecule has 1 amide bonds. The fourth-order valence-electron chi connectivity index (χ4n) is 3.07. The number of rotatable bonds is 3. The van der Waals surface area contributed by atoms with E-state index in [-0.39, 0.29) is 11.7 Å². The number of carbonyl (C=O) groups excluding carboxylic acids is 1. The fourth-order valence-corrected chi connectivity index (χ4v) is 3.20. The van der Waals surface area contributed by atoms with Crippen LogP contribution in [0, 0.1) is 5.82 Å². The third-order valence-electron chi connectivity index (χ3n) is 4.33. The van der Waals surface area contributed by atoms with Gasteiger partial charge < -0.3 is 10.6 Å². The van der Waals surface area contributed by atoms with Crippen molar-refractivity contribution in [2.24, 2.45) is 0 Å². The van der Waals surface area contributed by atoms with Gasteiger partial charge in [0.1, 0.15) is 18.2 Å². The van der Waals surface area contributed by atoms with Crippen LogP contribution < -0.4 is 10.6 Å². The highest BCUT2D eigenvalue weighted by Crippen LogP contribution is 2.35. The van der Waals surface area contributed by atoms with Crippen molar-refractivity contribution in [1.29, 1.82) is 0 Å². The summed E-state index contributed by atoms with van der Waals surface area (Å²) in [5, 5.41) is 10.8. The number of hydrogen-bond donors (Lipinski definition) is 2. The zero-order chi connectivity index (χ0) is 19.0.